The van der Waals surface area contributed by atoms with Crippen molar-refractivity contribution in [1.29, 1.82) is 0 Å². The summed E-state index contributed by atoms with van der Waals surface area (Å²) in [6.45, 7) is 7.94. The molecular weight excluding hydrogens is 1670 g/mol. The smallest absolute Gasteiger partial charge is 0.410 e. The maximum absolute atomic E-state index is 16.4. The lowest BCUT2D eigenvalue weighted by atomic mass is 9.85. The molecule has 7 heterocycles. The number of nitrogens with two attached hydrogens (primary N) is 1. The molecule has 2 saturated heterocycles. The molecule has 0 unspecified atom stereocenters. The number of halogens is 2. The number of phenols is 3. The largest absolute Gasteiger partial charge is 0.508 e. The number of benzene rings is 7. The van der Waals surface area contributed by atoms with Gasteiger partial charge in [-0.3, -0.25) is 38.5 Å². The van der Waals surface area contributed by atoms with Gasteiger partial charge in [-0.05, 0) is 114 Å². The summed E-state index contributed by atoms with van der Waals surface area (Å²) >= 11 is 14.4. The average Bonchev–Trinajstić information content (AvgIpc) is 0.759. The van der Waals surface area contributed by atoms with Crippen molar-refractivity contribution in [2.75, 3.05) is 20.3 Å². The highest BCUT2D eigenvalue weighted by Gasteiger charge is 2.53. The Kier molecular flexibility index (Phi) is 28.6. The number of primary amides is 1. The Bertz CT molecular complexity index is 5210. The third-order valence-corrected chi connectivity index (χ3v) is 21.8. The summed E-state index contributed by atoms with van der Waals surface area (Å²) in [6.07, 6.45) is -21.4. The molecular formula is C85H91Cl2N9O28. The molecule has 0 spiro atoms. The molecule has 658 valence electrons. The third-order valence-electron chi connectivity index (χ3n) is 21.3. The number of carbonyl (C=O) groups is 10. The molecule has 7 aromatic carbocycles. The van der Waals surface area contributed by atoms with Crippen LogP contribution in [0.2, 0.25) is 10.0 Å². The number of alkyl carbamates (subject to hydrolysis) is 1. The average molecular weight is 1760 g/mol. The topological polar surface area (TPSA) is 549 Å². The second-order valence-electron chi connectivity index (χ2n) is 30.7. The Labute approximate surface area is 717 Å². The van der Waals surface area contributed by atoms with Gasteiger partial charge < -0.3 is 132 Å². The van der Waals surface area contributed by atoms with Crippen LogP contribution in [-0.4, -0.2) is 210 Å². The van der Waals surface area contributed by atoms with E-state index < -0.39 is 273 Å². The number of carbonyl (C=O) groups excluding carboxylic acids is 10. The number of esters is 1. The summed E-state index contributed by atoms with van der Waals surface area (Å²) in [7, 11) is 1.26. The molecule has 0 aromatic heterocycles. The number of amides is 9. The van der Waals surface area contributed by atoms with Crippen LogP contribution >= 0.6 is 23.2 Å². The van der Waals surface area contributed by atoms with Crippen molar-refractivity contribution in [2.24, 2.45) is 11.7 Å². The molecule has 7 aliphatic heterocycles. The van der Waals surface area contributed by atoms with E-state index in [2.05, 4.69) is 43.8 Å². The van der Waals surface area contributed by atoms with Crippen LogP contribution in [0.25, 0.3) is 11.1 Å². The molecule has 14 rings (SSSR count). The molecule has 0 saturated carbocycles. The zero-order valence-corrected chi connectivity index (χ0v) is 68.5. The molecule has 2 fully saturated rings. The Morgan fingerprint density at radius 1 is 0.669 bits per heavy atom. The van der Waals surface area contributed by atoms with E-state index in [1.54, 1.807) is 74.5 Å². The molecule has 37 nitrogen and oxygen atoms in total. The zero-order valence-electron chi connectivity index (χ0n) is 67.0. The maximum Gasteiger partial charge on any atom is 0.410 e. The Hall–Kier alpha value is -12.4. The van der Waals surface area contributed by atoms with Crippen LogP contribution in [0.15, 0.2) is 152 Å². The van der Waals surface area contributed by atoms with E-state index >= 15 is 24.0 Å². The summed E-state index contributed by atoms with van der Waals surface area (Å²) < 4.78 is 55.7. The highest BCUT2D eigenvalue weighted by molar-refractivity contribution is 6.32. The number of rotatable bonds is 20. The number of likely N-dealkylation sites (N-methyl/N-ethyl adjacent to an activating group) is 1. The monoisotopic (exact) mass is 1760 g/mol. The summed E-state index contributed by atoms with van der Waals surface area (Å²) in [5, 5.41) is 123. The molecule has 39 heteroatoms. The second-order valence-corrected chi connectivity index (χ2v) is 31.5. The van der Waals surface area contributed by atoms with Gasteiger partial charge in [-0.25, -0.2) is 14.4 Å². The SMILES string of the molecule is C=CCOC(=O)[C@H]1NC(=O)[C@H]2NC(=O)[C@H](NC(=O)[C@@H]3NC(=O)[C@H](CC(N)=O)NC(=O)[C@H](NC(=O)[C@@H](CC(C)C)N(C)C(=O)OCc4ccccc4)[C@H](O)c4ccc(c(Cl)c4)Oc4cc3cc(c4O[C@@H]3O[C@H](CO)[C@@H](O)[C@H](O)[C@H]3O[C@H]3C[C@](C)(NC(=O)OCc4ccccc4)[C@H](O)[C@H](C)O3)Oc3ccc(cc3Cl)[C@H]2O)c2ccc(O)c(c2)-c2c(O)cc(O)cc21. The summed E-state index contributed by atoms with van der Waals surface area (Å²) in [6, 6.07) is 15.6. The molecule has 0 aliphatic carbocycles. The van der Waals surface area contributed by atoms with Crippen LogP contribution in [0.3, 0.4) is 0 Å². The van der Waals surface area contributed by atoms with Crippen molar-refractivity contribution >= 4 is 82.7 Å². The van der Waals surface area contributed by atoms with Gasteiger partial charge in [-0.1, -0.05) is 129 Å². The lowest BCUT2D eigenvalue weighted by Crippen LogP contribution is -2.66. The fourth-order valence-electron chi connectivity index (χ4n) is 14.8. The first-order chi connectivity index (χ1) is 59.0. The number of phenolic OH excluding ortho intramolecular Hbond substituents is 3. The quantitative estimate of drug-likeness (QED) is 0.0278. The Balaban J connectivity index is 1.05. The number of aliphatic hydroxyl groups is 6. The summed E-state index contributed by atoms with van der Waals surface area (Å²) in [5.41, 5.74) is 2.52. The van der Waals surface area contributed by atoms with Gasteiger partial charge in [0.15, 0.2) is 29.9 Å². The summed E-state index contributed by atoms with van der Waals surface area (Å²) in [5.74, 6) is -16.5. The van der Waals surface area contributed by atoms with Gasteiger partial charge in [0, 0.05) is 36.2 Å². The van der Waals surface area contributed by atoms with E-state index in [0.717, 1.165) is 83.8 Å². The molecule has 9 amide bonds. The minimum absolute atomic E-state index is 0.0946. The number of hydrogen-bond donors (Lipinski definition) is 17. The van der Waals surface area contributed by atoms with Gasteiger partial charge in [0.1, 0.15) is 121 Å². The lowest BCUT2D eigenvalue weighted by molar-refractivity contribution is -0.334. The number of fused-ring (bicyclic) bond motifs is 15. The summed E-state index contributed by atoms with van der Waals surface area (Å²) in [4.78, 5) is 150. The van der Waals surface area contributed by atoms with Gasteiger partial charge in [-0.15, -0.1) is 0 Å². The predicted molar refractivity (Wildman–Crippen MR) is 434 cm³/mol. The van der Waals surface area contributed by atoms with Gasteiger partial charge in [0.25, 0.3) is 0 Å². The molecule has 18 atom stereocenters. The van der Waals surface area contributed by atoms with Crippen molar-refractivity contribution in [1.82, 2.24) is 42.1 Å². The minimum Gasteiger partial charge on any atom is -0.508 e. The van der Waals surface area contributed by atoms with Crippen molar-refractivity contribution in [3.8, 4) is 57.1 Å². The minimum atomic E-state index is -2.44. The van der Waals surface area contributed by atoms with Crippen LogP contribution < -0.4 is 57.2 Å². The lowest BCUT2D eigenvalue weighted by Gasteiger charge is -2.48. The van der Waals surface area contributed by atoms with E-state index in [0.29, 0.717) is 11.1 Å². The van der Waals surface area contributed by atoms with Gasteiger partial charge >= 0.3 is 18.2 Å². The van der Waals surface area contributed by atoms with Gasteiger partial charge in [0.2, 0.25) is 53.4 Å². The number of aromatic hydroxyl groups is 3. The van der Waals surface area contributed by atoms with Crippen LogP contribution in [0.5, 0.6) is 46.0 Å². The van der Waals surface area contributed by atoms with Crippen LogP contribution in [0.4, 0.5) is 9.59 Å². The van der Waals surface area contributed by atoms with Crippen LogP contribution in [0, 0.1) is 5.92 Å². The number of nitrogens with one attached hydrogen (secondary N) is 7. The molecule has 0 radical (unpaired) electrons. The van der Waals surface area contributed by atoms with Crippen LogP contribution in [0.1, 0.15) is 116 Å². The first-order valence-electron chi connectivity index (χ1n) is 39.0. The van der Waals surface area contributed by atoms with Crippen molar-refractivity contribution in [3.63, 3.8) is 0 Å². The highest BCUT2D eigenvalue weighted by Crippen LogP contribution is 2.50. The van der Waals surface area contributed by atoms with Crippen molar-refractivity contribution < 1.29 is 137 Å². The fourth-order valence-corrected chi connectivity index (χ4v) is 15.3. The Morgan fingerprint density at radius 2 is 1.27 bits per heavy atom. The van der Waals surface area contributed by atoms with E-state index in [1.807, 2.05) is 0 Å². The van der Waals surface area contributed by atoms with Gasteiger partial charge in [-0.2, -0.15) is 0 Å². The Morgan fingerprint density at radius 3 is 1.87 bits per heavy atom. The zero-order chi connectivity index (χ0) is 89.4. The first-order valence-corrected chi connectivity index (χ1v) is 39.7. The van der Waals surface area contributed by atoms with E-state index in [-0.39, 0.29) is 42.2 Å². The molecule has 7 aliphatic rings. The van der Waals surface area contributed by atoms with Crippen LogP contribution in [-0.2, 0) is 80.0 Å². The normalized spacial score (nSPS) is 25.9. The van der Waals surface area contributed by atoms with E-state index in [9.17, 15) is 69.9 Å². The number of aliphatic hydroxyl groups excluding tert-OH is 6. The number of hydrogen-bond acceptors (Lipinski definition) is 28. The predicted octanol–water partition coefficient (Wildman–Crippen LogP) is 4.77. The number of nitrogens with zero attached hydrogens (tertiary/aromatic N) is 1. The number of ether oxygens (including phenoxy) is 9. The molecule has 124 heavy (non-hydrogen) atoms. The highest BCUT2D eigenvalue weighted by atomic mass is 35.5. The second kappa shape index (κ2) is 39.0. The molecule has 11 bridgehead atoms. The van der Waals surface area contributed by atoms with E-state index in [4.69, 9.17) is 71.6 Å². The van der Waals surface area contributed by atoms with Gasteiger partial charge in [0.05, 0.1) is 34.7 Å². The standard InChI is InChI=1S/C85H91Cl2N9O28/c1-7-24-116-81(113)65-48-31-46(98)32-54(100)62(48)47-26-42(18-21-53(47)99)63-77(109)94-67(80(112)92-65)69(103)44-20-23-56(50(87)28-44)121-58-30-45-29-57(72(58)124-82-73(71(105)70(104)59(35-97)122-82)123-61-34-85(5,74(106)39(4)119-61)95-83(114)117-36-40-14-10-8-11-15-40)120-55-22-19-43(27-49(55)86)68(102)66(79(111)89-51(33-60(88)101)75(107)90-64(45)78(110)91-63)93-76(108)52(25-38(2)3)96(6)84(115)118-37-41-16-12-9-13-17-41/h7-23,26-32,38-39,51-52,59,61,63-71,73-74,82,97-100,102-106H,1,24-25,33-37H2,2-6H3,(H2,88,101)(H,89,111)(H,90,107)(H,91,110)(H,92,112)(H,93,108)(H,94,109)(H,95,114)/t39-,51-,52+,59+,61-,63+,64+,65-,66+,67-,68+,69+,70+,71-,73+,74+,82-,85-/m0/s1. The van der Waals surface area contributed by atoms with Crippen molar-refractivity contribution in [2.45, 2.75) is 169 Å². The maximum atomic E-state index is 16.4. The van der Waals surface area contributed by atoms with Crippen molar-refractivity contribution in [3.05, 3.63) is 201 Å². The molecule has 18 N–H and O–H groups in total. The molecule has 7 aromatic rings. The van der Waals surface area contributed by atoms with E-state index in [1.165, 1.54) is 27.0 Å². The fraction of sp³-hybridized carbons (Fsp3) is 0.365. The first kappa shape index (κ1) is 90.8. The third kappa shape index (κ3) is 20.6.